The van der Waals surface area contributed by atoms with E-state index < -0.39 is 0 Å². The number of carbonyl (C=O) groups excluding carboxylic acids is 1. The van der Waals surface area contributed by atoms with Crippen molar-refractivity contribution in [3.8, 4) is 5.75 Å². The van der Waals surface area contributed by atoms with Crippen LogP contribution in [0, 0.1) is 0 Å². The number of benzene rings is 1. The molecule has 0 saturated carbocycles. The van der Waals surface area contributed by atoms with E-state index in [0.717, 1.165) is 18.0 Å². The second kappa shape index (κ2) is 8.78. The molecular weight excluding hydrogens is 354 g/mol. The van der Waals surface area contributed by atoms with Crippen molar-refractivity contribution in [1.29, 1.82) is 0 Å². The van der Waals surface area contributed by atoms with Crippen LogP contribution in [0.4, 0.5) is 0 Å². The molecule has 0 aliphatic carbocycles. The van der Waals surface area contributed by atoms with Crippen LogP contribution in [-0.2, 0) is 13.2 Å². The fourth-order valence-corrected chi connectivity index (χ4v) is 2.81. The Morgan fingerprint density at radius 3 is 2.54 bits per heavy atom. The minimum atomic E-state index is -0.272. The van der Waals surface area contributed by atoms with Gasteiger partial charge in [-0.1, -0.05) is 26.0 Å². The lowest BCUT2D eigenvalue weighted by Gasteiger charge is -2.10. The maximum absolute atomic E-state index is 12.4. The molecule has 0 fully saturated rings. The molecule has 1 aromatic carbocycles. The number of hydrogen-bond donors (Lipinski definition) is 1. The first kappa shape index (κ1) is 19.7. The van der Waals surface area contributed by atoms with Gasteiger partial charge in [0.05, 0.1) is 11.7 Å². The van der Waals surface area contributed by atoms with E-state index >= 15 is 0 Å². The summed E-state index contributed by atoms with van der Waals surface area (Å²) in [5, 5.41) is 7.32. The normalized spacial score (nSPS) is 12.2. The number of hydrogen-bond acceptors (Lipinski definition) is 4. The van der Waals surface area contributed by atoms with Crippen LogP contribution in [0.2, 0.25) is 0 Å². The third kappa shape index (κ3) is 4.82. The molecule has 3 rings (SSSR count). The van der Waals surface area contributed by atoms with Crippen molar-refractivity contribution < 1.29 is 13.9 Å². The van der Waals surface area contributed by atoms with Gasteiger partial charge in [-0.05, 0) is 55.7 Å². The fraction of sp³-hybridized carbons (Fsp3) is 0.364. The van der Waals surface area contributed by atoms with Gasteiger partial charge in [-0.25, -0.2) is 0 Å². The first-order chi connectivity index (χ1) is 13.5. The predicted molar refractivity (Wildman–Crippen MR) is 107 cm³/mol. The molecular formula is C22H27N3O3. The van der Waals surface area contributed by atoms with Crippen molar-refractivity contribution in [3.63, 3.8) is 0 Å². The standard InChI is InChI=1S/C22H27N3O3/c1-5-25-13-12-20(24-25)16(4)23-22(26)21-11-10-19(28-21)14-27-18-8-6-17(7-9-18)15(2)3/h6-13,15-16H,5,14H2,1-4H3,(H,23,26). The summed E-state index contributed by atoms with van der Waals surface area (Å²) in [6.07, 6.45) is 1.90. The van der Waals surface area contributed by atoms with Gasteiger partial charge < -0.3 is 14.5 Å². The van der Waals surface area contributed by atoms with Crippen LogP contribution in [0.3, 0.4) is 0 Å². The molecule has 0 radical (unpaired) electrons. The second-order valence-corrected chi connectivity index (χ2v) is 7.07. The van der Waals surface area contributed by atoms with Crippen molar-refractivity contribution in [2.75, 3.05) is 0 Å². The molecule has 0 spiro atoms. The number of rotatable bonds is 8. The summed E-state index contributed by atoms with van der Waals surface area (Å²) in [4.78, 5) is 12.4. The molecule has 6 heteroatoms. The van der Waals surface area contributed by atoms with Gasteiger partial charge in [0.2, 0.25) is 0 Å². The zero-order valence-corrected chi connectivity index (χ0v) is 16.8. The smallest absolute Gasteiger partial charge is 0.287 e. The highest BCUT2D eigenvalue weighted by atomic mass is 16.5. The lowest BCUT2D eigenvalue weighted by Crippen LogP contribution is -2.26. The monoisotopic (exact) mass is 381 g/mol. The molecule has 1 amide bonds. The predicted octanol–water partition coefficient (Wildman–Crippen LogP) is 4.69. The van der Waals surface area contributed by atoms with Crippen molar-refractivity contribution in [3.05, 3.63) is 71.4 Å². The highest BCUT2D eigenvalue weighted by molar-refractivity contribution is 5.91. The largest absolute Gasteiger partial charge is 0.486 e. The Morgan fingerprint density at radius 2 is 1.89 bits per heavy atom. The Bertz CT molecular complexity index is 909. The van der Waals surface area contributed by atoms with Crippen molar-refractivity contribution >= 4 is 5.91 Å². The van der Waals surface area contributed by atoms with Gasteiger partial charge in [0.15, 0.2) is 5.76 Å². The van der Waals surface area contributed by atoms with E-state index in [0.29, 0.717) is 11.7 Å². The molecule has 0 bridgehead atoms. The van der Waals surface area contributed by atoms with Crippen LogP contribution in [0.5, 0.6) is 5.75 Å². The van der Waals surface area contributed by atoms with Crippen molar-refractivity contribution in [2.45, 2.75) is 52.8 Å². The minimum Gasteiger partial charge on any atom is -0.486 e. The van der Waals surface area contributed by atoms with Gasteiger partial charge in [0, 0.05) is 12.7 Å². The van der Waals surface area contributed by atoms with Gasteiger partial charge in [0.25, 0.3) is 5.91 Å². The molecule has 0 aliphatic rings. The van der Waals surface area contributed by atoms with Crippen LogP contribution in [0.25, 0.3) is 0 Å². The van der Waals surface area contributed by atoms with E-state index in [1.54, 1.807) is 12.1 Å². The summed E-state index contributed by atoms with van der Waals surface area (Å²) in [5.41, 5.74) is 2.08. The van der Waals surface area contributed by atoms with E-state index in [9.17, 15) is 4.79 Å². The molecule has 2 aromatic heterocycles. The van der Waals surface area contributed by atoms with E-state index in [4.69, 9.17) is 9.15 Å². The van der Waals surface area contributed by atoms with Gasteiger partial charge in [-0.15, -0.1) is 0 Å². The number of ether oxygens (including phenoxy) is 1. The molecule has 0 aliphatic heterocycles. The zero-order valence-electron chi connectivity index (χ0n) is 16.8. The summed E-state index contributed by atoms with van der Waals surface area (Å²) in [6.45, 7) is 9.29. The Hall–Kier alpha value is -3.02. The molecule has 2 heterocycles. The lowest BCUT2D eigenvalue weighted by atomic mass is 10.0. The average Bonchev–Trinajstić information content (AvgIpc) is 3.36. The Balaban J connectivity index is 1.54. The van der Waals surface area contributed by atoms with Crippen molar-refractivity contribution in [1.82, 2.24) is 15.1 Å². The minimum absolute atomic E-state index is 0.204. The quantitative estimate of drug-likeness (QED) is 0.615. The summed E-state index contributed by atoms with van der Waals surface area (Å²) in [6, 6.07) is 13.1. The van der Waals surface area contributed by atoms with E-state index in [-0.39, 0.29) is 24.3 Å². The van der Waals surface area contributed by atoms with E-state index in [2.05, 4.69) is 36.4 Å². The van der Waals surface area contributed by atoms with Crippen LogP contribution in [-0.4, -0.2) is 15.7 Å². The SMILES string of the molecule is CCn1ccc(C(C)NC(=O)c2ccc(COc3ccc(C(C)C)cc3)o2)n1. The Labute approximate surface area is 165 Å². The maximum Gasteiger partial charge on any atom is 0.287 e. The topological polar surface area (TPSA) is 69.3 Å². The van der Waals surface area contributed by atoms with Crippen molar-refractivity contribution in [2.24, 2.45) is 0 Å². The van der Waals surface area contributed by atoms with Gasteiger partial charge in [0.1, 0.15) is 18.1 Å². The van der Waals surface area contributed by atoms with Gasteiger partial charge in [-0.2, -0.15) is 5.10 Å². The molecule has 1 unspecified atom stereocenters. The molecule has 0 saturated heterocycles. The highest BCUT2D eigenvalue weighted by Crippen LogP contribution is 2.20. The number of amides is 1. The van der Waals surface area contributed by atoms with Crippen LogP contribution in [0.1, 0.15) is 67.2 Å². The van der Waals surface area contributed by atoms with Crippen LogP contribution < -0.4 is 10.1 Å². The second-order valence-electron chi connectivity index (χ2n) is 7.07. The molecule has 1 N–H and O–H groups in total. The third-order valence-corrected chi connectivity index (χ3v) is 4.59. The van der Waals surface area contributed by atoms with E-state index in [1.165, 1.54) is 5.56 Å². The first-order valence-electron chi connectivity index (χ1n) is 9.62. The van der Waals surface area contributed by atoms with E-state index in [1.807, 2.05) is 42.9 Å². The van der Waals surface area contributed by atoms with Crippen LogP contribution >= 0.6 is 0 Å². The molecule has 3 aromatic rings. The molecule has 1 atom stereocenters. The summed E-state index contributed by atoms with van der Waals surface area (Å²) in [5.74, 6) is 1.84. The lowest BCUT2D eigenvalue weighted by molar-refractivity contribution is 0.0907. The molecule has 148 valence electrons. The van der Waals surface area contributed by atoms with Gasteiger partial charge >= 0.3 is 0 Å². The number of carbonyl (C=O) groups is 1. The van der Waals surface area contributed by atoms with Crippen LogP contribution in [0.15, 0.2) is 53.1 Å². The number of nitrogens with one attached hydrogen (secondary N) is 1. The highest BCUT2D eigenvalue weighted by Gasteiger charge is 2.17. The number of aromatic nitrogens is 2. The molecule has 28 heavy (non-hydrogen) atoms. The number of nitrogens with zero attached hydrogens (tertiary/aromatic N) is 2. The number of aryl methyl sites for hydroxylation is 1. The molecule has 6 nitrogen and oxygen atoms in total. The zero-order chi connectivity index (χ0) is 20.1. The first-order valence-corrected chi connectivity index (χ1v) is 9.62. The fourth-order valence-electron chi connectivity index (χ4n) is 2.81. The average molecular weight is 381 g/mol. The summed E-state index contributed by atoms with van der Waals surface area (Å²) in [7, 11) is 0. The van der Waals surface area contributed by atoms with Gasteiger partial charge in [-0.3, -0.25) is 9.48 Å². The third-order valence-electron chi connectivity index (χ3n) is 4.59. The Morgan fingerprint density at radius 1 is 1.14 bits per heavy atom. The maximum atomic E-state index is 12.4. The summed E-state index contributed by atoms with van der Waals surface area (Å²) < 4.78 is 13.2. The summed E-state index contributed by atoms with van der Waals surface area (Å²) >= 11 is 0. The number of furan rings is 1. The Kier molecular flexibility index (Phi) is 6.19.